The van der Waals surface area contributed by atoms with Crippen LogP contribution in [0, 0.1) is 29.1 Å². The molecule has 4 unspecified atom stereocenters. The first-order valence-corrected chi connectivity index (χ1v) is 9.56. The Hall–Kier alpha value is -0.660. The summed E-state index contributed by atoms with van der Waals surface area (Å²) in [7, 11) is 0. The fourth-order valence-electron chi connectivity index (χ4n) is 6.28. The Morgan fingerprint density at radius 2 is 1.14 bits per heavy atom. The smallest absolute Gasteiger partial charge is 0.140 e. The van der Waals surface area contributed by atoms with Gasteiger partial charge in [-0.1, -0.05) is 52.4 Å². The van der Waals surface area contributed by atoms with Crippen molar-refractivity contribution in [3.8, 4) is 0 Å². The first-order chi connectivity index (χ1) is 10.5. The molecule has 2 heteroatoms. The molecule has 124 valence electrons. The molecule has 0 N–H and O–H groups in total. The van der Waals surface area contributed by atoms with Crippen molar-refractivity contribution in [3.63, 3.8) is 0 Å². The molecule has 0 amide bonds. The van der Waals surface area contributed by atoms with Gasteiger partial charge in [-0.2, -0.15) is 0 Å². The number of hydrogen-bond donors (Lipinski definition) is 0. The van der Waals surface area contributed by atoms with Gasteiger partial charge in [0.15, 0.2) is 0 Å². The number of hydrogen-bond acceptors (Lipinski definition) is 2. The third-order valence-electron chi connectivity index (χ3n) is 7.15. The summed E-state index contributed by atoms with van der Waals surface area (Å²) in [5, 5.41) is 0. The van der Waals surface area contributed by atoms with Crippen molar-refractivity contribution in [1.82, 2.24) is 0 Å². The minimum atomic E-state index is 0.00604. The molecule has 0 aliphatic heterocycles. The molecule has 2 nitrogen and oxygen atoms in total. The zero-order valence-electron chi connectivity index (χ0n) is 14.4. The monoisotopic (exact) mass is 304 g/mol. The summed E-state index contributed by atoms with van der Waals surface area (Å²) in [6, 6.07) is 0. The van der Waals surface area contributed by atoms with Crippen molar-refractivity contribution >= 4 is 11.6 Å². The van der Waals surface area contributed by atoms with E-state index in [2.05, 4.69) is 13.8 Å². The van der Waals surface area contributed by atoms with Crippen LogP contribution in [0.2, 0.25) is 0 Å². The summed E-state index contributed by atoms with van der Waals surface area (Å²) in [5.41, 5.74) is 0.00604. The molecule has 3 fully saturated rings. The lowest BCUT2D eigenvalue weighted by molar-refractivity contribution is -0.144. The predicted octanol–water partition coefficient (Wildman–Crippen LogP) is 4.95. The zero-order valence-corrected chi connectivity index (χ0v) is 14.4. The van der Waals surface area contributed by atoms with Crippen molar-refractivity contribution in [1.29, 1.82) is 0 Å². The fraction of sp³-hybridized carbons (Fsp3) is 0.900. The Morgan fingerprint density at radius 1 is 0.727 bits per heavy atom. The van der Waals surface area contributed by atoms with Gasteiger partial charge in [-0.15, -0.1) is 0 Å². The van der Waals surface area contributed by atoms with Crippen molar-refractivity contribution in [2.75, 3.05) is 0 Å². The number of carbonyl (C=O) groups excluding carboxylic acids is 2. The van der Waals surface area contributed by atoms with Gasteiger partial charge in [-0.05, 0) is 41.9 Å². The molecule has 0 heterocycles. The van der Waals surface area contributed by atoms with E-state index in [1.807, 2.05) is 0 Å². The first-order valence-electron chi connectivity index (χ1n) is 9.56. The molecule has 0 spiro atoms. The van der Waals surface area contributed by atoms with E-state index in [4.69, 9.17) is 0 Å². The standard InChI is InChI=1S/C20H32O2/c1-14-7-3-5-9-18(14)20(12-16(21)11-17(22)13-20)19-10-6-4-8-15(19)2/h14-15,18-19H,3-13H2,1-2H3. The largest absolute Gasteiger partial charge is 0.299 e. The van der Waals surface area contributed by atoms with Crippen LogP contribution in [-0.2, 0) is 9.59 Å². The van der Waals surface area contributed by atoms with E-state index in [0.717, 1.165) is 0 Å². The van der Waals surface area contributed by atoms with Gasteiger partial charge >= 0.3 is 0 Å². The van der Waals surface area contributed by atoms with Crippen molar-refractivity contribution in [2.45, 2.75) is 84.5 Å². The van der Waals surface area contributed by atoms with E-state index >= 15 is 0 Å². The molecular weight excluding hydrogens is 272 g/mol. The second-order valence-electron chi connectivity index (χ2n) is 8.58. The zero-order chi connectivity index (χ0) is 15.7. The van der Waals surface area contributed by atoms with Gasteiger partial charge in [0.25, 0.3) is 0 Å². The molecule has 3 saturated carbocycles. The van der Waals surface area contributed by atoms with Crippen LogP contribution in [0.25, 0.3) is 0 Å². The summed E-state index contributed by atoms with van der Waals surface area (Å²) in [4.78, 5) is 24.7. The van der Waals surface area contributed by atoms with Crippen LogP contribution < -0.4 is 0 Å². The molecule has 0 saturated heterocycles. The molecule has 0 radical (unpaired) electrons. The van der Waals surface area contributed by atoms with Crippen LogP contribution in [0.5, 0.6) is 0 Å². The summed E-state index contributed by atoms with van der Waals surface area (Å²) in [5.74, 6) is 3.02. The van der Waals surface area contributed by atoms with Gasteiger partial charge in [0.05, 0.1) is 6.42 Å². The van der Waals surface area contributed by atoms with Crippen LogP contribution in [0.4, 0.5) is 0 Å². The van der Waals surface area contributed by atoms with Crippen LogP contribution in [-0.4, -0.2) is 11.6 Å². The molecule has 0 aromatic heterocycles. The molecular formula is C20H32O2. The Labute approximate surface area is 135 Å². The van der Waals surface area contributed by atoms with Gasteiger partial charge in [-0.3, -0.25) is 9.59 Å². The van der Waals surface area contributed by atoms with Crippen LogP contribution in [0.1, 0.15) is 84.5 Å². The van der Waals surface area contributed by atoms with Crippen molar-refractivity contribution in [3.05, 3.63) is 0 Å². The van der Waals surface area contributed by atoms with E-state index in [9.17, 15) is 9.59 Å². The second kappa shape index (κ2) is 6.45. The number of carbonyl (C=O) groups is 2. The average molecular weight is 304 g/mol. The maximum Gasteiger partial charge on any atom is 0.140 e. The Balaban J connectivity index is 1.96. The van der Waals surface area contributed by atoms with Crippen LogP contribution in [0.15, 0.2) is 0 Å². The van der Waals surface area contributed by atoms with Gasteiger partial charge in [0.2, 0.25) is 0 Å². The van der Waals surface area contributed by atoms with E-state index < -0.39 is 0 Å². The van der Waals surface area contributed by atoms with Crippen LogP contribution in [0.3, 0.4) is 0 Å². The summed E-state index contributed by atoms with van der Waals surface area (Å²) < 4.78 is 0. The molecule has 0 aromatic rings. The highest BCUT2D eigenvalue weighted by Crippen LogP contribution is 2.57. The molecule has 3 aliphatic rings. The Morgan fingerprint density at radius 3 is 1.55 bits per heavy atom. The number of Topliss-reactive ketones (excluding diaryl/α,β-unsaturated/α-hetero) is 2. The minimum Gasteiger partial charge on any atom is -0.299 e. The molecule has 3 aliphatic carbocycles. The number of ketones is 2. The predicted molar refractivity (Wildman–Crippen MR) is 88.5 cm³/mol. The van der Waals surface area contributed by atoms with Gasteiger partial charge in [0.1, 0.15) is 11.6 Å². The Bertz CT molecular complexity index is 399. The van der Waals surface area contributed by atoms with Gasteiger partial charge in [0, 0.05) is 12.8 Å². The Kier molecular flexibility index (Phi) is 4.75. The fourth-order valence-corrected chi connectivity index (χ4v) is 6.28. The third-order valence-corrected chi connectivity index (χ3v) is 7.15. The number of rotatable bonds is 2. The minimum absolute atomic E-state index is 0.00604. The molecule has 22 heavy (non-hydrogen) atoms. The lowest BCUT2D eigenvalue weighted by Gasteiger charge is -2.54. The lowest BCUT2D eigenvalue weighted by atomic mass is 9.49. The lowest BCUT2D eigenvalue weighted by Crippen LogP contribution is -2.50. The highest BCUT2D eigenvalue weighted by molar-refractivity contribution is 6.02. The summed E-state index contributed by atoms with van der Waals surface area (Å²) in [6.45, 7) is 4.76. The highest BCUT2D eigenvalue weighted by Gasteiger charge is 2.53. The SMILES string of the molecule is CC1CCCCC1C1(C2CCCCC2C)CC(=O)CC(=O)C1. The van der Waals surface area contributed by atoms with E-state index in [1.165, 1.54) is 51.4 Å². The molecule has 4 atom stereocenters. The topological polar surface area (TPSA) is 34.1 Å². The van der Waals surface area contributed by atoms with Crippen molar-refractivity contribution < 1.29 is 9.59 Å². The first kappa shape index (κ1) is 16.2. The quantitative estimate of drug-likeness (QED) is 0.677. The maximum absolute atomic E-state index is 12.4. The molecule has 0 bridgehead atoms. The normalized spacial score (nSPS) is 39.7. The van der Waals surface area contributed by atoms with E-state index in [1.54, 1.807) is 0 Å². The van der Waals surface area contributed by atoms with Crippen molar-refractivity contribution in [2.24, 2.45) is 29.1 Å². The highest BCUT2D eigenvalue weighted by atomic mass is 16.1. The second-order valence-corrected chi connectivity index (χ2v) is 8.58. The molecule has 3 rings (SSSR count). The van der Waals surface area contributed by atoms with E-state index in [0.29, 0.717) is 36.5 Å². The molecule has 0 aromatic carbocycles. The van der Waals surface area contributed by atoms with E-state index in [-0.39, 0.29) is 23.4 Å². The van der Waals surface area contributed by atoms with Crippen LogP contribution >= 0.6 is 0 Å². The van der Waals surface area contributed by atoms with Gasteiger partial charge in [-0.25, -0.2) is 0 Å². The average Bonchev–Trinajstić information content (AvgIpc) is 2.47. The third kappa shape index (κ3) is 2.90. The maximum atomic E-state index is 12.4. The summed E-state index contributed by atoms with van der Waals surface area (Å²) in [6.07, 6.45) is 11.9. The van der Waals surface area contributed by atoms with Gasteiger partial charge < -0.3 is 0 Å². The summed E-state index contributed by atoms with van der Waals surface area (Å²) >= 11 is 0.